The van der Waals surface area contributed by atoms with E-state index in [4.69, 9.17) is 9.47 Å². The van der Waals surface area contributed by atoms with Gasteiger partial charge in [-0.3, -0.25) is 4.98 Å². The van der Waals surface area contributed by atoms with Crippen molar-refractivity contribution in [2.24, 2.45) is 0 Å². The Morgan fingerprint density at radius 3 is 2.30 bits per heavy atom. The summed E-state index contributed by atoms with van der Waals surface area (Å²) in [4.78, 5) is 29.2. The van der Waals surface area contributed by atoms with E-state index < -0.39 is 5.97 Å². The SMILES string of the molecule is CCOC(=O)c1cnc2cc(COC(=O)c3ccccc3)ccc2c1NCc1ccccc1. The number of carbonyl (C=O) groups is 2. The lowest BCUT2D eigenvalue weighted by atomic mass is 10.1. The molecular formula is C27H24N2O4. The van der Waals surface area contributed by atoms with Crippen LogP contribution in [0, 0.1) is 0 Å². The molecular weight excluding hydrogens is 416 g/mol. The minimum absolute atomic E-state index is 0.123. The van der Waals surface area contributed by atoms with E-state index in [2.05, 4.69) is 10.3 Å². The van der Waals surface area contributed by atoms with E-state index in [-0.39, 0.29) is 19.2 Å². The number of hydrogen-bond donors (Lipinski definition) is 1. The van der Waals surface area contributed by atoms with Gasteiger partial charge in [0.15, 0.2) is 0 Å². The number of rotatable bonds is 8. The fourth-order valence-corrected chi connectivity index (χ4v) is 3.48. The largest absolute Gasteiger partial charge is 0.462 e. The highest BCUT2D eigenvalue weighted by molar-refractivity contribution is 6.05. The van der Waals surface area contributed by atoms with Crippen molar-refractivity contribution in [3.63, 3.8) is 0 Å². The molecule has 0 bridgehead atoms. The summed E-state index contributed by atoms with van der Waals surface area (Å²) in [5.74, 6) is -0.810. The molecule has 0 atom stereocenters. The number of aromatic nitrogens is 1. The fourth-order valence-electron chi connectivity index (χ4n) is 3.48. The van der Waals surface area contributed by atoms with Crippen molar-refractivity contribution in [1.29, 1.82) is 0 Å². The minimum Gasteiger partial charge on any atom is -0.462 e. The van der Waals surface area contributed by atoms with Gasteiger partial charge < -0.3 is 14.8 Å². The highest BCUT2D eigenvalue weighted by Crippen LogP contribution is 2.28. The molecule has 4 aromatic rings. The summed E-state index contributed by atoms with van der Waals surface area (Å²) < 4.78 is 10.7. The second-order valence-electron chi connectivity index (χ2n) is 7.40. The average Bonchev–Trinajstić information content (AvgIpc) is 2.86. The molecule has 0 radical (unpaired) electrons. The lowest BCUT2D eigenvalue weighted by molar-refractivity contribution is 0.0471. The first-order valence-electron chi connectivity index (χ1n) is 10.7. The Morgan fingerprint density at radius 2 is 1.58 bits per heavy atom. The van der Waals surface area contributed by atoms with Crippen LogP contribution in [-0.4, -0.2) is 23.5 Å². The number of anilines is 1. The Hall–Kier alpha value is -4.19. The molecule has 0 spiro atoms. The van der Waals surface area contributed by atoms with Crippen LogP contribution in [0.1, 0.15) is 38.8 Å². The van der Waals surface area contributed by atoms with Crippen molar-refractivity contribution in [3.8, 4) is 0 Å². The zero-order chi connectivity index (χ0) is 23.0. The summed E-state index contributed by atoms with van der Waals surface area (Å²) in [6, 6.07) is 24.4. The van der Waals surface area contributed by atoms with Gasteiger partial charge in [-0.25, -0.2) is 9.59 Å². The molecule has 33 heavy (non-hydrogen) atoms. The molecule has 1 heterocycles. The van der Waals surface area contributed by atoms with Gasteiger partial charge in [-0.15, -0.1) is 0 Å². The molecule has 0 saturated heterocycles. The van der Waals surface area contributed by atoms with Crippen LogP contribution in [0.5, 0.6) is 0 Å². The Morgan fingerprint density at radius 1 is 0.848 bits per heavy atom. The van der Waals surface area contributed by atoms with Gasteiger partial charge in [0, 0.05) is 18.1 Å². The number of nitrogens with zero attached hydrogens (tertiary/aromatic N) is 1. The summed E-state index contributed by atoms with van der Waals surface area (Å²) in [6.45, 7) is 2.72. The van der Waals surface area contributed by atoms with Gasteiger partial charge in [0.25, 0.3) is 0 Å². The topological polar surface area (TPSA) is 77.5 Å². The smallest absolute Gasteiger partial charge is 0.341 e. The molecule has 0 aliphatic heterocycles. The molecule has 1 aromatic heterocycles. The molecule has 6 nitrogen and oxygen atoms in total. The van der Waals surface area contributed by atoms with Crippen LogP contribution in [0.2, 0.25) is 0 Å². The first-order valence-corrected chi connectivity index (χ1v) is 10.7. The molecule has 0 amide bonds. The maximum atomic E-state index is 12.5. The summed E-state index contributed by atoms with van der Waals surface area (Å²) in [6.07, 6.45) is 1.52. The van der Waals surface area contributed by atoms with Crippen LogP contribution in [0.15, 0.2) is 85.1 Å². The molecule has 0 fully saturated rings. The molecule has 166 valence electrons. The lowest BCUT2D eigenvalue weighted by Gasteiger charge is -2.15. The maximum Gasteiger partial charge on any atom is 0.341 e. The number of hydrogen-bond acceptors (Lipinski definition) is 6. The van der Waals surface area contributed by atoms with E-state index in [1.54, 1.807) is 31.2 Å². The van der Waals surface area contributed by atoms with E-state index in [0.717, 1.165) is 16.5 Å². The molecule has 0 aliphatic rings. The molecule has 1 N–H and O–H groups in total. The summed E-state index contributed by atoms with van der Waals surface area (Å²) in [5.41, 5.74) is 4.12. The minimum atomic E-state index is -0.427. The third-order valence-electron chi connectivity index (χ3n) is 5.12. The molecule has 0 unspecified atom stereocenters. The molecule has 4 rings (SSSR count). The van der Waals surface area contributed by atoms with Crippen LogP contribution >= 0.6 is 0 Å². The van der Waals surface area contributed by atoms with Crippen molar-refractivity contribution < 1.29 is 19.1 Å². The summed E-state index contributed by atoms with van der Waals surface area (Å²) >= 11 is 0. The average molecular weight is 440 g/mol. The normalized spacial score (nSPS) is 10.6. The molecule has 3 aromatic carbocycles. The van der Waals surface area contributed by atoms with Crippen LogP contribution in [0.3, 0.4) is 0 Å². The second-order valence-corrected chi connectivity index (χ2v) is 7.40. The van der Waals surface area contributed by atoms with Gasteiger partial charge in [-0.2, -0.15) is 0 Å². The molecule has 0 saturated carbocycles. The van der Waals surface area contributed by atoms with Gasteiger partial charge in [0.2, 0.25) is 0 Å². The second kappa shape index (κ2) is 10.4. The van der Waals surface area contributed by atoms with Crippen molar-refractivity contribution in [2.75, 3.05) is 11.9 Å². The maximum absolute atomic E-state index is 12.5. The number of esters is 2. The Labute approximate surface area is 192 Å². The van der Waals surface area contributed by atoms with Crippen LogP contribution in [-0.2, 0) is 22.6 Å². The fraction of sp³-hybridized carbons (Fsp3) is 0.148. The van der Waals surface area contributed by atoms with E-state index >= 15 is 0 Å². The zero-order valence-electron chi connectivity index (χ0n) is 18.3. The van der Waals surface area contributed by atoms with Gasteiger partial charge in [0.1, 0.15) is 12.2 Å². The van der Waals surface area contributed by atoms with Crippen molar-refractivity contribution in [3.05, 3.63) is 107 Å². The quantitative estimate of drug-likeness (QED) is 0.371. The van der Waals surface area contributed by atoms with Crippen LogP contribution in [0.4, 0.5) is 5.69 Å². The highest BCUT2D eigenvalue weighted by Gasteiger charge is 2.17. The van der Waals surface area contributed by atoms with E-state index in [0.29, 0.717) is 28.9 Å². The third kappa shape index (κ3) is 5.36. The Kier molecular flexibility index (Phi) is 6.95. The van der Waals surface area contributed by atoms with Crippen LogP contribution < -0.4 is 5.32 Å². The number of benzene rings is 3. The first kappa shape index (κ1) is 22.0. The number of carbonyl (C=O) groups excluding carboxylic acids is 2. The molecule has 6 heteroatoms. The van der Waals surface area contributed by atoms with E-state index in [9.17, 15) is 9.59 Å². The predicted molar refractivity (Wildman–Crippen MR) is 127 cm³/mol. The standard InChI is InChI=1S/C27H24N2O4/c1-2-32-27(31)23-17-28-24-15-20(18-33-26(30)21-11-7-4-8-12-21)13-14-22(24)25(23)29-16-19-9-5-3-6-10-19/h3-15,17H,2,16,18H2,1H3,(H,28,29). The number of ether oxygens (including phenoxy) is 2. The van der Waals surface area contributed by atoms with Crippen molar-refractivity contribution in [1.82, 2.24) is 4.98 Å². The van der Waals surface area contributed by atoms with Crippen LogP contribution in [0.25, 0.3) is 10.9 Å². The number of fused-ring (bicyclic) bond motifs is 1. The summed E-state index contributed by atoms with van der Waals surface area (Å²) in [7, 11) is 0. The van der Waals surface area contributed by atoms with Crippen molar-refractivity contribution >= 4 is 28.5 Å². The van der Waals surface area contributed by atoms with Gasteiger partial charge in [0.05, 0.1) is 23.4 Å². The lowest BCUT2D eigenvalue weighted by Crippen LogP contribution is -2.11. The zero-order valence-corrected chi connectivity index (χ0v) is 18.3. The van der Waals surface area contributed by atoms with Gasteiger partial charge in [-0.05, 0) is 36.2 Å². The Bertz CT molecular complexity index is 1260. The third-order valence-corrected chi connectivity index (χ3v) is 5.12. The monoisotopic (exact) mass is 440 g/mol. The number of pyridine rings is 1. The predicted octanol–water partition coefficient (Wildman–Crippen LogP) is 5.38. The summed E-state index contributed by atoms with van der Waals surface area (Å²) in [5, 5.41) is 4.16. The van der Waals surface area contributed by atoms with Crippen molar-refractivity contribution in [2.45, 2.75) is 20.1 Å². The van der Waals surface area contributed by atoms with Gasteiger partial charge in [-0.1, -0.05) is 60.7 Å². The van der Waals surface area contributed by atoms with E-state index in [1.165, 1.54) is 6.20 Å². The molecule has 0 aliphatic carbocycles. The van der Waals surface area contributed by atoms with E-state index in [1.807, 2.05) is 54.6 Å². The van der Waals surface area contributed by atoms with Gasteiger partial charge >= 0.3 is 11.9 Å². The Balaban J connectivity index is 1.59. The number of nitrogens with one attached hydrogen (secondary N) is 1. The highest BCUT2D eigenvalue weighted by atomic mass is 16.5. The first-order chi connectivity index (χ1) is 16.2.